The van der Waals surface area contributed by atoms with Crippen LogP contribution in [0.5, 0.6) is 0 Å². The van der Waals surface area contributed by atoms with Gasteiger partial charge in [-0.3, -0.25) is 0 Å². The number of rotatable bonds is 3. The second-order valence-electron chi connectivity index (χ2n) is 5.67. The van der Waals surface area contributed by atoms with Crippen molar-refractivity contribution in [2.24, 2.45) is 0 Å². The zero-order valence-corrected chi connectivity index (χ0v) is 12.4. The molecule has 22 heavy (non-hydrogen) atoms. The molecule has 2 aromatic rings. The van der Waals surface area contributed by atoms with Gasteiger partial charge in [-0.1, -0.05) is 30.3 Å². The molecule has 6 heteroatoms. The Morgan fingerprint density at radius 3 is 2.41 bits per heavy atom. The first-order valence-corrected chi connectivity index (χ1v) is 7.44. The van der Waals surface area contributed by atoms with E-state index >= 15 is 0 Å². The molecule has 0 spiro atoms. The van der Waals surface area contributed by atoms with Crippen molar-refractivity contribution in [1.29, 1.82) is 0 Å². The van der Waals surface area contributed by atoms with Gasteiger partial charge in [0, 0.05) is 24.4 Å². The van der Waals surface area contributed by atoms with E-state index in [1.165, 1.54) is 0 Å². The molecule has 0 bridgehead atoms. The maximum Gasteiger partial charge on any atom is 0.248 e. The van der Waals surface area contributed by atoms with Gasteiger partial charge in [0.2, 0.25) is 11.9 Å². The fourth-order valence-electron chi connectivity index (χ4n) is 2.63. The van der Waals surface area contributed by atoms with Gasteiger partial charge in [-0.15, -0.1) is 0 Å². The highest BCUT2D eigenvalue weighted by Gasteiger charge is 2.35. The van der Waals surface area contributed by atoms with E-state index in [9.17, 15) is 8.78 Å². The summed E-state index contributed by atoms with van der Waals surface area (Å²) < 4.78 is 26.4. The normalized spacial score (nSPS) is 18.1. The molecule has 1 aromatic heterocycles. The first-order chi connectivity index (χ1) is 10.5. The molecule has 0 aliphatic heterocycles. The predicted octanol–water partition coefficient (Wildman–Crippen LogP) is 3.84. The molecule has 1 aliphatic carbocycles. The van der Waals surface area contributed by atoms with E-state index < -0.39 is 5.92 Å². The summed E-state index contributed by atoms with van der Waals surface area (Å²) in [4.78, 5) is 13.0. The number of benzene rings is 1. The Labute approximate surface area is 128 Å². The van der Waals surface area contributed by atoms with Crippen molar-refractivity contribution in [3.05, 3.63) is 36.2 Å². The molecule has 0 radical (unpaired) electrons. The smallest absolute Gasteiger partial charge is 0.248 e. The van der Waals surface area contributed by atoms with Gasteiger partial charge in [-0.2, -0.15) is 9.97 Å². The molecule has 0 saturated heterocycles. The fourth-order valence-corrected chi connectivity index (χ4v) is 2.63. The van der Waals surface area contributed by atoms with Crippen LogP contribution in [-0.2, 0) is 0 Å². The number of aromatic nitrogens is 3. The molecule has 1 heterocycles. The number of hydrogen-bond donors (Lipinski definition) is 1. The van der Waals surface area contributed by atoms with Gasteiger partial charge >= 0.3 is 0 Å². The fraction of sp³-hybridized carbons (Fsp3) is 0.438. The van der Waals surface area contributed by atoms with Crippen LogP contribution in [0.25, 0.3) is 11.4 Å². The molecule has 4 nitrogen and oxygen atoms in total. The van der Waals surface area contributed by atoms with Gasteiger partial charge in [-0.25, -0.2) is 13.8 Å². The first-order valence-electron chi connectivity index (χ1n) is 7.44. The van der Waals surface area contributed by atoms with Crippen LogP contribution in [-0.4, -0.2) is 26.9 Å². The summed E-state index contributed by atoms with van der Waals surface area (Å²) >= 11 is 0. The van der Waals surface area contributed by atoms with E-state index in [1.807, 2.05) is 30.3 Å². The zero-order valence-electron chi connectivity index (χ0n) is 12.4. The van der Waals surface area contributed by atoms with Gasteiger partial charge in [0.05, 0.1) is 0 Å². The summed E-state index contributed by atoms with van der Waals surface area (Å²) in [7, 11) is 0. The lowest BCUT2D eigenvalue weighted by molar-refractivity contribution is -0.0361. The molecule has 0 amide bonds. The maximum absolute atomic E-state index is 13.2. The quantitative estimate of drug-likeness (QED) is 0.936. The highest BCUT2D eigenvalue weighted by Crippen LogP contribution is 2.34. The number of halogens is 2. The minimum absolute atomic E-state index is 0.00921. The molecule has 1 saturated carbocycles. The van der Waals surface area contributed by atoms with Crippen LogP contribution < -0.4 is 5.32 Å². The number of nitrogens with one attached hydrogen (secondary N) is 1. The van der Waals surface area contributed by atoms with Crippen LogP contribution in [0.2, 0.25) is 0 Å². The Hall–Kier alpha value is -2.11. The number of alkyl halides is 2. The Kier molecular flexibility index (Phi) is 4.00. The molecule has 0 unspecified atom stereocenters. The van der Waals surface area contributed by atoms with Gasteiger partial charge < -0.3 is 5.32 Å². The zero-order chi connectivity index (χ0) is 15.6. The van der Waals surface area contributed by atoms with Crippen LogP contribution >= 0.6 is 0 Å². The SMILES string of the molecule is Cc1nc(NC2CCC(F)(F)CC2)nc(-c2ccccc2)n1. The van der Waals surface area contributed by atoms with Crippen molar-refractivity contribution in [2.45, 2.75) is 44.6 Å². The van der Waals surface area contributed by atoms with Gasteiger partial charge in [0.15, 0.2) is 5.82 Å². The number of anilines is 1. The molecule has 0 atom stereocenters. The standard InChI is InChI=1S/C16H18F2N4/c1-11-19-14(12-5-3-2-4-6-12)22-15(20-11)21-13-7-9-16(17,18)10-8-13/h2-6,13H,7-10H2,1H3,(H,19,20,21,22). The Bertz CT molecular complexity index is 636. The summed E-state index contributed by atoms with van der Waals surface area (Å²) in [6, 6.07) is 9.62. The second-order valence-corrected chi connectivity index (χ2v) is 5.67. The van der Waals surface area contributed by atoms with Crippen LogP contribution in [0.4, 0.5) is 14.7 Å². The van der Waals surface area contributed by atoms with E-state index in [4.69, 9.17) is 0 Å². The van der Waals surface area contributed by atoms with Crippen molar-refractivity contribution in [2.75, 3.05) is 5.32 Å². The van der Waals surface area contributed by atoms with Crippen LogP contribution in [0.15, 0.2) is 30.3 Å². The minimum Gasteiger partial charge on any atom is -0.351 e. The monoisotopic (exact) mass is 304 g/mol. The minimum atomic E-state index is -2.53. The predicted molar refractivity (Wildman–Crippen MR) is 80.8 cm³/mol. The molecule has 1 N–H and O–H groups in total. The van der Waals surface area contributed by atoms with E-state index in [2.05, 4.69) is 20.3 Å². The average Bonchev–Trinajstić information content (AvgIpc) is 2.50. The Balaban J connectivity index is 1.76. The lowest BCUT2D eigenvalue weighted by Gasteiger charge is -2.28. The molecular formula is C16H18F2N4. The van der Waals surface area contributed by atoms with Crippen molar-refractivity contribution in [1.82, 2.24) is 15.0 Å². The van der Waals surface area contributed by atoms with Crippen LogP contribution in [0.3, 0.4) is 0 Å². The third-order valence-corrected chi connectivity index (χ3v) is 3.83. The number of aryl methyl sites for hydroxylation is 1. The van der Waals surface area contributed by atoms with Gasteiger partial charge in [-0.05, 0) is 19.8 Å². The molecule has 1 aromatic carbocycles. The van der Waals surface area contributed by atoms with Crippen molar-refractivity contribution in [3.63, 3.8) is 0 Å². The van der Waals surface area contributed by atoms with Crippen molar-refractivity contribution in [3.8, 4) is 11.4 Å². The van der Waals surface area contributed by atoms with E-state index in [1.54, 1.807) is 6.92 Å². The number of nitrogens with zero attached hydrogens (tertiary/aromatic N) is 3. The summed E-state index contributed by atoms with van der Waals surface area (Å²) in [5, 5.41) is 3.17. The summed E-state index contributed by atoms with van der Waals surface area (Å²) in [6.45, 7) is 1.80. The Morgan fingerprint density at radius 1 is 1.05 bits per heavy atom. The first kappa shape index (κ1) is 14.8. The third-order valence-electron chi connectivity index (χ3n) is 3.83. The van der Waals surface area contributed by atoms with Crippen LogP contribution in [0, 0.1) is 6.92 Å². The van der Waals surface area contributed by atoms with Crippen molar-refractivity contribution < 1.29 is 8.78 Å². The highest BCUT2D eigenvalue weighted by molar-refractivity contribution is 5.55. The largest absolute Gasteiger partial charge is 0.351 e. The molecule has 116 valence electrons. The summed E-state index contributed by atoms with van der Waals surface area (Å²) in [6.07, 6.45) is 0.692. The summed E-state index contributed by atoms with van der Waals surface area (Å²) in [5.74, 6) is -0.863. The highest BCUT2D eigenvalue weighted by atomic mass is 19.3. The summed E-state index contributed by atoms with van der Waals surface area (Å²) in [5.41, 5.74) is 0.909. The lowest BCUT2D eigenvalue weighted by Crippen LogP contribution is -2.32. The molecule has 3 rings (SSSR count). The Morgan fingerprint density at radius 2 is 1.73 bits per heavy atom. The van der Waals surface area contributed by atoms with Gasteiger partial charge in [0.1, 0.15) is 5.82 Å². The van der Waals surface area contributed by atoms with E-state index in [0.717, 1.165) is 5.56 Å². The second kappa shape index (κ2) is 5.94. The number of hydrogen-bond acceptors (Lipinski definition) is 4. The van der Waals surface area contributed by atoms with E-state index in [-0.39, 0.29) is 18.9 Å². The van der Waals surface area contributed by atoms with E-state index in [0.29, 0.717) is 30.4 Å². The average molecular weight is 304 g/mol. The lowest BCUT2D eigenvalue weighted by atomic mass is 9.92. The maximum atomic E-state index is 13.2. The van der Waals surface area contributed by atoms with Crippen LogP contribution in [0.1, 0.15) is 31.5 Å². The molecule has 1 aliphatic rings. The molecular weight excluding hydrogens is 286 g/mol. The molecule has 1 fully saturated rings. The van der Waals surface area contributed by atoms with Crippen molar-refractivity contribution >= 4 is 5.95 Å². The van der Waals surface area contributed by atoms with Gasteiger partial charge in [0.25, 0.3) is 0 Å². The third kappa shape index (κ3) is 3.55. The topological polar surface area (TPSA) is 50.7 Å².